The number of hydrogen-bond acceptors (Lipinski definition) is 5. The van der Waals surface area contributed by atoms with Crippen molar-refractivity contribution in [1.82, 2.24) is 9.80 Å². The molecular formula is C21H42N2O4S. The first-order valence-corrected chi connectivity index (χ1v) is 11.8. The Morgan fingerprint density at radius 3 is 1.29 bits per heavy atom. The number of phenols is 1. The van der Waals surface area contributed by atoms with Crippen molar-refractivity contribution in [2.75, 3.05) is 39.3 Å². The van der Waals surface area contributed by atoms with E-state index in [1.54, 1.807) is 0 Å². The van der Waals surface area contributed by atoms with Crippen molar-refractivity contribution in [3.63, 3.8) is 0 Å². The number of rotatable bonds is 10. The van der Waals surface area contributed by atoms with E-state index in [4.69, 9.17) is 9.66 Å². The summed E-state index contributed by atoms with van der Waals surface area (Å²) in [4.78, 5) is 4.69. The molecule has 0 radical (unpaired) electrons. The van der Waals surface area contributed by atoms with Crippen LogP contribution < -0.4 is 0 Å². The largest absolute Gasteiger partial charge is 0.508 e. The summed E-state index contributed by atoms with van der Waals surface area (Å²) >= 11 is 0. The molecule has 0 fully saturated rings. The average Bonchev–Trinajstić information content (AvgIpc) is 2.64. The van der Waals surface area contributed by atoms with Gasteiger partial charge in [0.1, 0.15) is 5.75 Å². The Kier molecular flexibility index (Phi) is 18.6. The molecule has 1 rings (SSSR count). The fourth-order valence-corrected chi connectivity index (χ4v) is 3.05. The Balaban J connectivity index is 0. The van der Waals surface area contributed by atoms with Crippen LogP contribution in [0, 0.1) is 0 Å². The van der Waals surface area contributed by atoms with Gasteiger partial charge in [0.2, 0.25) is 0 Å². The molecule has 0 aliphatic rings. The first kappa shape index (κ1) is 29.1. The number of aromatic hydroxyl groups is 1. The molecule has 0 saturated carbocycles. The minimum absolute atomic E-state index is 0.0441. The molecule has 0 aromatic heterocycles. The highest BCUT2D eigenvalue weighted by Gasteiger charge is 2.07. The standard InChI is InChI=1S/C9H21N.C6H15N.C6H6O4S/c1-4-7-10(8-5-2)9-6-3;1-4-7(5-2)6-3;7-5-1-3-6(4-2-5)11(8,9)10/h4-9H2,1-3H3;4-6H2,1-3H3;1-4,7H,(H,8,9,10). The Morgan fingerprint density at radius 2 is 1.07 bits per heavy atom. The fourth-order valence-electron chi connectivity index (χ4n) is 2.57. The predicted octanol–water partition coefficient (Wildman–Crippen LogP) is 4.51. The minimum Gasteiger partial charge on any atom is -0.508 e. The van der Waals surface area contributed by atoms with Gasteiger partial charge in [-0.15, -0.1) is 0 Å². The molecule has 1 aromatic carbocycles. The Hall–Kier alpha value is -1.15. The summed E-state index contributed by atoms with van der Waals surface area (Å²) in [5, 5.41) is 8.75. The van der Waals surface area contributed by atoms with Crippen LogP contribution in [0.1, 0.15) is 60.8 Å². The maximum Gasteiger partial charge on any atom is 0.294 e. The summed E-state index contributed by atoms with van der Waals surface area (Å²) in [6, 6.07) is 4.60. The molecule has 6 nitrogen and oxygen atoms in total. The van der Waals surface area contributed by atoms with Crippen LogP contribution >= 0.6 is 0 Å². The van der Waals surface area contributed by atoms with Gasteiger partial charge in [0, 0.05) is 0 Å². The lowest BCUT2D eigenvalue weighted by molar-refractivity contribution is 0.275. The minimum atomic E-state index is -4.13. The molecule has 7 heteroatoms. The number of benzene rings is 1. The van der Waals surface area contributed by atoms with E-state index in [9.17, 15) is 8.42 Å². The Bertz CT molecular complexity index is 538. The van der Waals surface area contributed by atoms with Gasteiger partial charge in [-0.05, 0) is 82.8 Å². The van der Waals surface area contributed by atoms with Gasteiger partial charge in [0.15, 0.2) is 0 Å². The topological polar surface area (TPSA) is 81.1 Å². The van der Waals surface area contributed by atoms with Crippen molar-refractivity contribution in [1.29, 1.82) is 0 Å². The van der Waals surface area contributed by atoms with Gasteiger partial charge in [0.05, 0.1) is 4.90 Å². The quantitative estimate of drug-likeness (QED) is 0.544. The Morgan fingerprint density at radius 1 is 0.714 bits per heavy atom. The normalized spacial score (nSPS) is 10.9. The molecule has 0 aliphatic heterocycles. The summed E-state index contributed by atoms with van der Waals surface area (Å²) in [5.74, 6) is -0.0441. The molecule has 166 valence electrons. The molecule has 0 bridgehead atoms. The van der Waals surface area contributed by atoms with Crippen LogP contribution in [0.2, 0.25) is 0 Å². The third-order valence-electron chi connectivity index (χ3n) is 4.10. The second-order valence-electron chi connectivity index (χ2n) is 6.43. The van der Waals surface area contributed by atoms with Crippen molar-refractivity contribution in [2.24, 2.45) is 0 Å². The van der Waals surface area contributed by atoms with Crippen molar-refractivity contribution >= 4 is 10.1 Å². The monoisotopic (exact) mass is 418 g/mol. The maximum atomic E-state index is 10.4. The van der Waals surface area contributed by atoms with Crippen LogP contribution in [0.3, 0.4) is 0 Å². The third-order valence-corrected chi connectivity index (χ3v) is 4.96. The van der Waals surface area contributed by atoms with Crippen LogP contribution in [0.4, 0.5) is 0 Å². The smallest absolute Gasteiger partial charge is 0.294 e. The first-order chi connectivity index (χ1) is 13.2. The highest BCUT2D eigenvalue weighted by atomic mass is 32.2. The molecule has 2 N–H and O–H groups in total. The molecule has 0 aliphatic carbocycles. The lowest BCUT2D eigenvalue weighted by Gasteiger charge is -2.19. The van der Waals surface area contributed by atoms with E-state index >= 15 is 0 Å². The summed E-state index contributed by atoms with van der Waals surface area (Å²) in [7, 11) is -4.13. The zero-order valence-electron chi connectivity index (χ0n) is 18.7. The van der Waals surface area contributed by atoms with Gasteiger partial charge in [-0.2, -0.15) is 8.42 Å². The molecule has 0 unspecified atom stereocenters. The van der Waals surface area contributed by atoms with Crippen LogP contribution in [0.25, 0.3) is 0 Å². The van der Waals surface area contributed by atoms with E-state index in [-0.39, 0.29) is 10.6 Å². The molecular weight excluding hydrogens is 376 g/mol. The fraction of sp³-hybridized carbons (Fsp3) is 0.714. The molecule has 0 spiro atoms. The molecule has 1 aromatic rings. The summed E-state index contributed by atoms with van der Waals surface area (Å²) in [5.41, 5.74) is 0. The van der Waals surface area contributed by atoms with Gasteiger partial charge >= 0.3 is 0 Å². The molecule has 28 heavy (non-hydrogen) atoms. The van der Waals surface area contributed by atoms with E-state index in [2.05, 4.69) is 51.3 Å². The van der Waals surface area contributed by atoms with Crippen molar-refractivity contribution in [2.45, 2.75) is 65.7 Å². The summed E-state index contributed by atoms with van der Waals surface area (Å²) < 4.78 is 29.3. The van der Waals surface area contributed by atoms with Crippen molar-refractivity contribution < 1.29 is 18.1 Å². The third kappa shape index (κ3) is 15.9. The zero-order valence-corrected chi connectivity index (χ0v) is 19.5. The van der Waals surface area contributed by atoms with E-state index in [1.165, 1.54) is 70.7 Å². The second kappa shape index (κ2) is 17.9. The van der Waals surface area contributed by atoms with Crippen molar-refractivity contribution in [3.8, 4) is 5.75 Å². The first-order valence-electron chi connectivity index (χ1n) is 10.4. The summed E-state index contributed by atoms with van der Waals surface area (Å²) in [6.45, 7) is 20.7. The number of nitrogens with zero attached hydrogens (tertiary/aromatic N) is 2. The van der Waals surface area contributed by atoms with Crippen LogP contribution in [-0.4, -0.2) is 67.1 Å². The van der Waals surface area contributed by atoms with E-state index in [0.717, 1.165) is 12.1 Å². The number of phenolic OH excluding ortho intramolecular Hbond substituents is 1. The van der Waals surface area contributed by atoms with E-state index in [0.29, 0.717) is 0 Å². The Labute approximate surface area is 173 Å². The van der Waals surface area contributed by atoms with Crippen LogP contribution in [-0.2, 0) is 10.1 Å². The van der Waals surface area contributed by atoms with Crippen LogP contribution in [0.5, 0.6) is 5.75 Å². The maximum absolute atomic E-state index is 10.4. The van der Waals surface area contributed by atoms with Crippen molar-refractivity contribution in [3.05, 3.63) is 24.3 Å². The predicted molar refractivity (Wildman–Crippen MR) is 119 cm³/mol. The van der Waals surface area contributed by atoms with Gasteiger partial charge < -0.3 is 14.9 Å². The molecule has 0 saturated heterocycles. The van der Waals surface area contributed by atoms with Gasteiger partial charge in [-0.25, -0.2) is 0 Å². The number of hydrogen-bond donors (Lipinski definition) is 2. The second-order valence-corrected chi connectivity index (χ2v) is 7.85. The van der Waals surface area contributed by atoms with Gasteiger partial charge in [-0.1, -0.05) is 41.5 Å². The molecule has 0 atom stereocenters. The highest BCUT2D eigenvalue weighted by Crippen LogP contribution is 2.13. The highest BCUT2D eigenvalue weighted by molar-refractivity contribution is 7.85. The van der Waals surface area contributed by atoms with E-state index in [1.807, 2.05) is 0 Å². The average molecular weight is 419 g/mol. The summed E-state index contributed by atoms with van der Waals surface area (Å²) in [6.07, 6.45) is 3.88. The van der Waals surface area contributed by atoms with Gasteiger partial charge in [-0.3, -0.25) is 4.55 Å². The SMILES string of the molecule is CCCN(CCC)CCC.CCN(CC)CC.O=S(=O)(O)c1ccc(O)cc1. The molecule has 0 amide bonds. The lowest BCUT2D eigenvalue weighted by Crippen LogP contribution is -2.25. The van der Waals surface area contributed by atoms with Crippen LogP contribution in [0.15, 0.2) is 29.2 Å². The zero-order chi connectivity index (χ0) is 22.0. The van der Waals surface area contributed by atoms with E-state index < -0.39 is 10.1 Å². The molecule has 0 heterocycles. The lowest BCUT2D eigenvalue weighted by atomic mass is 10.3. The van der Waals surface area contributed by atoms with Gasteiger partial charge in [0.25, 0.3) is 10.1 Å².